The summed E-state index contributed by atoms with van der Waals surface area (Å²) in [5.74, 6) is -0.934. The van der Waals surface area contributed by atoms with E-state index < -0.39 is 5.97 Å². The van der Waals surface area contributed by atoms with E-state index in [-0.39, 0.29) is 18.1 Å². The van der Waals surface area contributed by atoms with Crippen LogP contribution in [0.3, 0.4) is 0 Å². The van der Waals surface area contributed by atoms with E-state index in [4.69, 9.17) is 5.11 Å². The van der Waals surface area contributed by atoms with Crippen molar-refractivity contribution in [1.82, 2.24) is 4.98 Å². The average molecular weight is 241 g/mol. The van der Waals surface area contributed by atoms with Crippen LogP contribution in [0.5, 0.6) is 5.75 Å². The first-order valence-electron chi connectivity index (χ1n) is 5.67. The van der Waals surface area contributed by atoms with E-state index in [1.54, 1.807) is 30.5 Å². The monoisotopic (exact) mass is 241 g/mol. The van der Waals surface area contributed by atoms with E-state index in [2.05, 4.69) is 4.98 Å². The van der Waals surface area contributed by atoms with Crippen LogP contribution >= 0.6 is 0 Å². The highest BCUT2D eigenvalue weighted by Crippen LogP contribution is 2.46. The van der Waals surface area contributed by atoms with E-state index in [1.165, 1.54) is 0 Å². The summed E-state index contributed by atoms with van der Waals surface area (Å²) < 4.78 is 0. The number of rotatable bonds is 2. The number of hydrogen-bond donors (Lipinski definition) is 2. The number of pyridine rings is 1. The number of aromatic nitrogens is 1. The van der Waals surface area contributed by atoms with Crippen molar-refractivity contribution in [3.8, 4) is 17.0 Å². The lowest BCUT2D eigenvalue weighted by atomic mass is 9.94. The number of carbonyl (C=O) groups is 1. The summed E-state index contributed by atoms with van der Waals surface area (Å²) in [5.41, 5.74) is 3.49. The molecule has 0 bridgehead atoms. The summed E-state index contributed by atoms with van der Waals surface area (Å²) in [5, 5.41) is 18.6. The molecule has 18 heavy (non-hydrogen) atoms. The van der Waals surface area contributed by atoms with Crippen LogP contribution in [0, 0.1) is 0 Å². The van der Waals surface area contributed by atoms with Gasteiger partial charge >= 0.3 is 5.97 Å². The molecule has 1 aromatic heterocycles. The van der Waals surface area contributed by atoms with Gasteiger partial charge in [0.2, 0.25) is 0 Å². The number of benzene rings is 1. The first-order chi connectivity index (χ1) is 8.66. The van der Waals surface area contributed by atoms with Gasteiger partial charge in [0.05, 0.1) is 12.1 Å². The molecule has 3 rings (SSSR count). The van der Waals surface area contributed by atoms with Crippen LogP contribution in [0.2, 0.25) is 0 Å². The van der Waals surface area contributed by atoms with Gasteiger partial charge in [0.25, 0.3) is 0 Å². The molecule has 0 saturated carbocycles. The Morgan fingerprint density at radius 3 is 2.89 bits per heavy atom. The Labute approximate surface area is 104 Å². The molecule has 1 unspecified atom stereocenters. The fraction of sp³-hybridized carbons (Fsp3) is 0.143. The SMILES string of the molecule is O=C(O)CC1c2cc(O)ccc2-c2ncccc21. The molecule has 4 nitrogen and oxygen atoms in total. The second kappa shape index (κ2) is 3.84. The largest absolute Gasteiger partial charge is 0.508 e. The minimum Gasteiger partial charge on any atom is -0.508 e. The Morgan fingerprint density at radius 1 is 1.28 bits per heavy atom. The molecule has 1 atom stereocenters. The molecule has 2 N–H and O–H groups in total. The number of nitrogens with zero attached hydrogens (tertiary/aromatic N) is 1. The van der Waals surface area contributed by atoms with Gasteiger partial charge in [-0.2, -0.15) is 0 Å². The van der Waals surface area contributed by atoms with E-state index >= 15 is 0 Å². The minimum absolute atomic E-state index is 0.00907. The summed E-state index contributed by atoms with van der Waals surface area (Å²) in [6.45, 7) is 0. The topological polar surface area (TPSA) is 70.4 Å². The summed E-state index contributed by atoms with van der Waals surface area (Å²) in [6.07, 6.45) is 1.70. The van der Waals surface area contributed by atoms with Gasteiger partial charge in [0.1, 0.15) is 5.75 Å². The Bertz CT molecular complexity index is 637. The molecule has 2 aromatic rings. The Balaban J connectivity index is 2.21. The van der Waals surface area contributed by atoms with Crippen LogP contribution in [0.15, 0.2) is 36.5 Å². The van der Waals surface area contributed by atoms with Crippen molar-refractivity contribution in [2.24, 2.45) is 0 Å². The maximum atomic E-state index is 11.0. The molecule has 90 valence electrons. The third-order valence-electron chi connectivity index (χ3n) is 3.26. The number of phenols is 1. The van der Waals surface area contributed by atoms with Crippen molar-refractivity contribution in [2.75, 3.05) is 0 Å². The summed E-state index contributed by atoms with van der Waals surface area (Å²) in [4.78, 5) is 15.3. The quantitative estimate of drug-likeness (QED) is 0.846. The van der Waals surface area contributed by atoms with Crippen molar-refractivity contribution in [2.45, 2.75) is 12.3 Å². The highest BCUT2D eigenvalue weighted by molar-refractivity contribution is 5.80. The highest BCUT2D eigenvalue weighted by atomic mass is 16.4. The Hall–Kier alpha value is -2.36. The van der Waals surface area contributed by atoms with Crippen molar-refractivity contribution >= 4 is 5.97 Å². The molecule has 0 amide bonds. The van der Waals surface area contributed by atoms with Crippen LogP contribution in [-0.4, -0.2) is 21.2 Å². The van der Waals surface area contributed by atoms with Gasteiger partial charge in [-0.25, -0.2) is 0 Å². The highest BCUT2D eigenvalue weighted by Gasteiger charge is 2.31. The van der Waals surface area contributed by atoms with E-state index in [1.807, 2.05) is 6.07 Å². The lowest BCUT2D eigenvalue weighted by Crippen LogP contribution is -2.05. The number of carboxylic acids is 1. The fourth-order valence-electron chi connectivity index (χ4n) is 2.54. The number of phenolic OH excluding ortho intramolecular Hbond substituents is 1. The van der Waals surface area contributed by atoms with Crippen molar-refractivity contribution in [1.29, 1.82) is 0 Å². The lowest BCUT2D eigenvalue weighted by molar-refractivity contribution is -0.137. The van der Waals surface area contributed by atoms with Crippen LogP contribution in [0.4, 0.5) is 0 Å². The fourth-order valence-corrected chi connectivity index (χ4v) is 2.54. The summed E-state index contributed by atoms with van der Waals surface area (Å²) >= 11 is 0. The van der Waals surface area contributed by atoms with E-state index in [0.29, 0.717) is 0 Å². The summed E-state index contributed by atoms with van der Waals surface area (Å²) in [6, 6.07) is 8.72. The van der Waals surface area contributed by atoms with Crippen molar-refractivity contribution in [3.63, 3.8) is 0 Å². The molecule has 1 aromatic carbocycles. The van der Waals surface area contributed by atoms with Gasteiger partial charge in [0, 0.05) is 17.7 Å². The number of fused-ring (bicyclic) bond motifs is 3. The molecule has 0 saturated heterocycles. The first-order valence-corrected chi connectivity index (χ1v) is 5.67. The third-order valence-corrected chi connectivity index (χ3v) is 3.26. The Morgan fingerprint density at radius 2 is 2.11 bits per heavy atom. The van der Waals surface area contributed by atoms with E-state index in [0.717, 1.165) is 22.4 Å². The van der Waals surface area contributed by atoms with Gasteiger partial charge in [0.15, 0.2) is 0 Å². The van der Waals surface area contributed by atoms with E-state index in [9.17, 15) is 9.90 Å². The third kappa shape index (κ3) is 1.54. The van der Waals surface area contributed by atoms with Crippen molar-refractivity contribution < 1.29 is 15.0 Å². The van der Waals surface area contributed by atoms with Gasteiger partial charge in [-0.1, -0.05) is 6.07 Å². The zero-order valence-electron chi connectivity index (χ0n) is 9.50. The van der Waals surface area contributed by atoms with Crippen molar-refractivity contribution in [3.05, 3.63) is 47.7 Å². The molecule has 0 radical (unpaired) electrons. The maximum absolute atomic E-state index is 11.0. The zero-order valence-corrected chi connectivity index (χ0v) is 9.50. The molecule has 0 aliphatic heterocycles. The molecule has 1 heterocycles. The second-order valence-electron chi connectivity index (χ2n) is 4.36. The van der Waals surface area contributed by atoms with Gasteiger partial charge in [-0.05, 0) is 35.4 Å². The van der Waals surface area contributed by atoms with Gasteiger partial charge in [-0.15, -0.1) is 0 Å². The predicted octanol–water partition coefficient (Wildman–Crippen LogP) is 2.37. The normalized spacial score (nSPS) is 16.1. The molecule has 0 spiro atoms. The zero-order chi connectivity index (χ0) is 12.7. The predicted molar refractivity (Wildman–Crippen MR) is 65.4 cm³/mol. The average Bonchev–Trinajstić information content (AvgIpc) is 2.63. The minimum atomic E-state index is -0.856. The molecule has 4 heteroatoms. The smallest absolute Gasteiger partial charge is 0.304 e. The molecular formula is C14H11NO3. The van der Waals surface area contributed by atoms with Gasteiger partial charge in [-0.3, -0.25) is 9.78 Å². The molecular weight excluding hydrogens is 230 g/mol. The summed E-state index contributed by atoms with van der Waals surface area (Å²) in [7, 11) is 0. The molecule has 1 aliphatic carbocycles. The van der Waals surface area contributed by atoms with Gasteiger partial charge < -0.3 is 10.2 Å². The van der Waals surface area contributed by atoms with Crippen LogP contribution in [-0.2, 0) is 4.79 Å². The lowest BCUT2D eigenvalue weighted by Gasteiger charge is -2.10. The molecule has 1 aliphatic rings. The number of aromatic hydroxyl groups is 1. The number of aliphatic carboxylic acids is 1. The second-order valence-corrected chi connectivity index (χ2v) is 4.36. The number of hydrogen-bond acceptors (Lipinski definition) is 3. The van der Waals surface area contributed by atoms with Crippen LogP contribution < -0.4 is 0 Å². The first kappa shape index (κ1) is 10.8. The maximum Gasteiger partial charge on any atom is 0.304 e. The van der Waals surface area contributed by atoms with Crippen LogP contribution in [0.1, 0.15) is 23.5 Å². The Kier molecular flexibility index (Phi) is 2.30. The standard InChI is InChI=1S/C14H11NO3/c16-8-3-4-10-11(6-8)12(7-13(17)18)9-2-1-5-15-14(9)10/h1-6,12,16H,7H2,(H,17,18). The number of carboxylic acid groups (broad SMARTS) is 1. The van der Waals surface area contributed by atoms with Crippen LogP contribution in [0.25, 0.3) is 11.3 Å². The molecule has 0 fully saturated rings.